The molecule has 2 heterocycles. The van der Waals surface area contributed by atoms with Crippen molar-refractivity contribution < 1.29 is 44.6 Å². The molecule has 0 saturated carbocycles. The van der Waals surface area contributed by atoms with Crippen LogP contribution in [0.4, 0.5) is 0 Å². The number of rotatable bonds is 13. The van der Waals surface area contributed by atoms with Crippen molar-refractivity contribution in [2.24, 2.45) is 0 Å². The van der Waals surface area contributed by atoms with Crippen molar-refractivity contribution in [1.82, 2.24) is 14.8 Å². The standard InChI is InChI=1S/C31H41N3O2.3CHO.Re/c1-36-31-16-7-5-14-29(31)26-17-22-33(23-18-26)20-10-2-3-11-21-34(25-28-13-8-9-19-32-28)24-27-12-4-6-15-30(27)35;3*1-2;/h4-9,12-16,19,26,35H,2-3,10-11,17-18,20-25H2,1H3;3*1H;/q;3*-1;. The van der Waals surface area contributed by atoms with Gasteiger partial charge in [-0.25, -0.2) is 0 Å². The van der Waals surface area contributed by atoms with Gasteiger partial charge in [0.25, 0.3) is 0 Å². The molecule has 1 fully saturated rings. The zero-order chi connectivity index (χ0) is 31.0. The van der Waals surface area contributed by atoms with E-state index in [1.165, 1.54) is 57.3 Å². The number of likely N-dealkylation sites (tertiary alicyclic amines) is 1. The molecule has 8 nitrogen and oxygen atoms in total. The fraction of sp³-hybridized carbons (Fsp3) is 0.412. The Morgan fingerprint density at radius 3 is 2.12 bits per heavy atom. The quantitative estimate of drug-likeness (QED) is 0.140. The molecule has 3 aromatic rings. The minimum absolute atomic E-state index is 0. The summed E-state index contributed by atoms with van der Waals surface area (Å²) in [5.41, 5.74) is 3.42. The van der Waals surface area contributed by atoms with Crippen molar-refractivity contribution in [2.45, 2.75) is 57.5 Å². The SMILES string of the molecule is COc1ccccc1C1CCN(CCCCCCN(Cc2ccccn2)Cc2ccccc2O)CC1.[CH-]=O.[CH-]=O.[CH-]=O.[Re]. The molecule has 1 aliphatic rings. The smallest absolute Gasteiger partial charge is 0.122 e. The maximum absolute atomic E-state index is 10.2. The maximum Gasteiger partial charge on any atom is 0.122 e. The Morgan fingerprint density at radius 1 is 0.837 bits per heavy atom. The maximum atomic E-state index is 10.2. The summed E-state index contributed by atoms with van der Waals surface area (Å²) in [7, 11) is 1.78. The molecule has 0 aliphatic carbocycles. The van der Waals surface area contributed by atoms with E-state index in [9.17, 15) is 5.11 Å². The summed E-state index contributed by atoms with van der Waals surface area (Å²) in [6.07, 6.45) is 9.21. The number of ether oxygens (including phenoxy) is 1. The first-order chi connectivity index (χ1) is 20.7. The molecule has 1 aliphatic heterocycles. The van der Waals surface area contributed by atoms with Crippen molar-refractivity contribution in [1.29, 1.82) is 0 Å². The van der Waals surface area contributed by atoms with E-state index in [-0.39, 0.29) is 20.4 Å². The van der Waals surface area contributed by atoms with Crippen LogP contribution in [0.1, 0.15) is 61.3 Å². The minimum Gasteiger partial charge on any atom is -0.545 e. The number of phenols is 1. The number of pyridine rings is 1. The molecule has 4 rings (SSSR count). The third-order valence-electron chi connectivity index (χ3n) is 7.36. The van der Waals surface area contributed by atoms with Gasteiger partial charge in [0.1, 0.15) is 11.5 Å². The van der Waals surface area contributed by atoms with Gasteiger partial charge in [-0.1, -0.05) is 55.3 Å². The number of nitrogens with zero attached hydrogens (tertiary/aromatic N) is 3. The van der Waals surface area contributed by atoms with Crippen LogP contribution >= 0.6 is 0 Å². The first-order valence-electron chi connectivity index (χ1n) is 14.2. The van der Waals surface area contributed by atoms with Crippen LogP contribution in [0.5, 0.6) is 11.5 Å². The summed E-state index contributed by atoms with van der Waals surface area (Å²) in [5, 5.41) is 10.2. The van der Waals surface area contributed by atoms with E-state index in [0.717, 1.165) is 43.1 Å². The number of methoxy groups -OCH3 is 1. The molecule has 0 spiro atoms. The topological polar surface area (TPSA) is 100 Å². The van der Waals surface area contributed by atoms with Gasteiger partial charge in [0.15, 0.2) is 0 Å². The molecule has 1 radical (unpaired) electrons. The molecule has 235 valence electrons. The van der Waals surface area contributed by atoms with Crippen LogP contribution in [0.3, 0.4) is 0 Å². The van der Waals surface area contributed by atoms with Crippen molar-refractivity contribution >= 4 is 20.4 Å². The second-order valence-electron chi connectivity index (χ2n) is 9.93. The Labute approximate surface area is 271 Å². The van der Waals surface area contributed by atoms with Gasteiger partial charge in [0.05, 0.1) is 12.8 Å². The van der Waals surface area contributed by atoms with Gasteiger partial charge in [0, 0.05) is 45.3 Å². The third-order valence-corrected chi connectivity index (χ3v) is 7.36. The Bertz CT molecular complexity index is 1100. The Hall–Kier alpha value is -3.22. The third kappa shape index (κ3) is 14.7. The Morgan fingerprint density at radius 2 is 1.47 bits per heavy atom. The summed E-state index contributed by atoms with van der Waals surface area (Å²) < 4.78 is 5.58. The Balaban J connectivity index is 0.00000237. The van der Waals surface area contributed by atoms with Crippen molar-refractivity contribution in [2.75, 3.05) is 33.3 Å². The number of aromatic hydroxyl groups is 1. The second-order valence-corrected chi connectivity index (χ2v) is 9.93. The molecule has 1 aromatic heterocycles. The largest absolute Gasteiger partial charge is 0.545 e. The van der Waals surface area contributed by atoms with Crippen LogP contribution in [0.2, 0.25) is 0 Å². The molecule has 1 saturated heterocycles. The molecule has 2 aromatic carbocycles. The van der Waals surface area contributed by atoms with Crippen LogP contribution in [-0.4, -0.2) is 73.5 Å². The predicted octanol–water partition coefficient (Wildman–Crippen LogP) is 5.41. The van der Waals surface area contributed by atoms with Crippen LogP contribution in [0, 0.1) is 0 Å². The van der Waals surface area contributed by atoms with E-state index in [0.29, 0.717) is 11.7 Å². The number of benzene rings is 2. The minimum atomic E-state index is 0. The Kier molecular flexibility index (Phi) is 23.4. The van der Waals surface area contributed by atoms with Gasteiger partial charge in [0.2, 0.25) is 0 Å². The van der Waals surface area contributed by atoms with Crippen LogP contribution in [0.15, 0.2) is 72.9 Å². The van der Waals surface area contributed by atoms with Crippen LogP contribution < -0.4 is 4.74 Å². The van der Waals surface area contributed by atoms with Crippen LogP contribution in [-0.2, 0) is 47.9 Å². The zero-order valence-corrected chi connectivity index (χ0v) is 27.7. The number of phenolic OH excluding ortho intramolecular Hbond substituents is 1. The van der Waals surface area contributed by atoms with Gasteiger partial charge in [-0.2, -0.15) is 0 Å². The number of aromatic nitrogens is 1. The monoisotopic (exact) mass is 761 g/mol. The zero-order valence-electron chi connectivity index (χ0n) is 25.0. The second kappa shape index (κ2) is 25.3. The predicted molar refractivity (Wildman–Crippen MR) is 167 cm³/mol. The first kappa shape index (κ1) is 39.8. The summed E-state index contributed by atoms with van der Waals surface area (Å²) in [4.78, 5) is 32.8. The number of unbranched alkanes of at least 4 members (excludes halogenated alkanes) is 3. The average Bonchev–Trinajstić information content (AvgIpc) is 3.07. The van der Waals surface area contributed by atoms with E-state index in [1.807, 2.05) is 36.5 Å². The molecular formula is C34H44N3O5Re-3. The summed E-state index contributed by atoms with van der Waals surface area (Å²) in [6.45, 7) is 15.9. The molecule has 9 heteroatoms. The molecule has 0 atom stereocenters. The van der Waals surface area contributed by atoms with Crippen molar-refractivity contribution in [3.05, 3.63) is 89.7 Å². The molecule has 0 unspecified atom stereocenters. The van der Waals surface area contributed by atoms with Crippen LogP contribution in [0.25, 0.3) is 0 Å². The van der Waals surface area contributed by atoms with Gasteiger partial charge < -0.3 is 29.1 Å². The number of hydrogen-bond acceptors (Lipinski definition) is 8. The van der Waals surface area contributed by atoms with E-state index < -0.39 is 0 Å². The normalized spacial score (nSPS) is 12.7. The van der Waals surface area contributed by atoms with Crippen molar-refractivity contribution in [3.8, 4) is 11.5 Å². The number of para-hydroxylation sites is 2. The van der Waals surface area contributed by atoms with E-state index >= 15 is 0 Å². The summed E-state index contributed by atoms with van der Waals surface area (Å²) in [6, 6.07) is 22.2. The average molecular weight is 761 g/mol. The van der Waals surface area contributed by atoms with Gasteiger partial charge >= 0.3 is 0 Å². The summed E-state index contributed by atoms with van der Waals surface area (Å²) in [5.74, 6) is 2.03. The van der Waals surface area contributed by atoms with E-state index in [1.54, 1.807) is 13.2 Å². The van der Waals surface area contributed by atoms with Gasteiger partial charge in [-0.3, -0.25) is 30.3 Å². The molecule has 0 bridgehead atoms. The number of piperidine rings is 1. The number of hydrogen-bond donors (Lipinski definition) is 1. The van der Waals surface area contributed by atoms with E-state index in [4.69, 9.17) is 19.1 Å². The molecule has 1 N–H and O–H groups in total. The molecule has 43 heavy (non-hydrogen) atoms. The molecule has 0 amide bonds. The van der Waals surface area contributed by atoms with Crippen molar-refractivity contribution in [3.63, 3.8) is 0 Å². The summed E-state index contributed by atoms with van der Waals surface area (Å²) >= 11 is 0. The van der Waals surface area contributed by atoms with Gasteiger partial charge in [-0.15, -0.1) is 0 Å². The molecular weight excluding hydrogens is 717 g/mol. The first-order valence-corrected chi connectivity index (χ1v) is 14.2. The number of carbonyl (C=O) groups excluding carboxylic acids is 3. The van der Waals surface area contributed by atoms with E-state index in [2.05, 4.69) is 65.5 Å². The fourth-order valence-electron chi connectivity index (χ4n) is 5.32. The van der Waals surface area contributed by atoms with Gasteiger partial charge in [-0.05, 0) is 87.6 Å². The fourth-order valence-corrected chi connectivity index (χ4v) is 5.32.